The van der Waals surface area contributed by atoms with Gasteiger partial charge in [-0.05, 0) is 43.4 Å². The second-order valence-corrected chi connectivity index (χ2v) is 7.09. The second kappa shape index (κ2) is 7.87. The summed E-state index contributed by atoms with van der Waals surface area (Å²) in [6.45, 7) is 0.908. The van der Waals surface area contributed by atoms with E-state index in [-0.39, 0.29) is 12.5 Å². The smallest absolute Gasteiger partial charge is 0.326 e. The lowest BCUT2D eigenvalue weighted by Crippen LogP contribution is -2.46. The summed E-state index contributed by atoms with van der Waals surface area (Å²) in [6.07, 6.45) is 1.74. The highest BCUT2D eigenvalue weighted by Gasteiger charge is 2.56. The first-order valence-electron chi connectivity index (χ1n) is 9.03. The lowest BCUT2D eigenvalue weighted by atomic mass is 9.96. The van der Waals surface area contributed by atoms with Crippen molar-refractivity contribution in [3.05, 3.63) is 29.8 Å². The molecule has 28 heavy (non-hydrogen) atoms. The predicted molar refractivity (Wildman–Crippen MR) is 97.2 cm³/mol. The molecule has 3 rings (SSSR count). The third-order valence-electron chi connectivity index (χ3n) is 4.97. The summed E-state index contributed by atoms with van der Waals surface area (Å²) in [5.41, 5.74) is -0.122. The van der Waals surface area contributed by atoms with Crippen molar-refractivity contribution in [3.8, 4) is 5.75 Å². The zero-order valence-electron chi connectivity index (χ0n) is 15.8. The van der Waals surface area contributed by atoms with Crippen LogP contribution in [0.15, 0.2) is 24.3 Å². The van der Waals surface area contributed by atoms with Gasteiger partial charge in [-0.15, -0.1) is 0 Å². The Bertz CT molecular complexity index is 807. The molecule has 1 aliphatic heterocycles. The van der Waals surface area contributed by atoms with E-state index >= 15 is 0 Å². The van der Waals surface area contributed by atoms with Gasteiger partial charge >= 0.3 is 12.0 Å². The lowest BCUT2D eigenvalue weighted by molar-refractivity contribution is -0.151. The molecule has 1 aliphatic carbocycles. The van der Waals surface area contributed by atoms with Crippen molar-refractivity contribution in [3.63, 3.8) is 0 Å². The standard InChI is InChI=1S/C19H23N3O6/c1-19(13-6-7-13)17(25)22(18(26)21-19)10-16(24)28-11-15(23)20-9-12-4-3-5-14(8-12)27-2/h3-5,8,13H,6-7,9-11H2,1-2H3,(H,20,23)(H,21,26). The minimum Gasteiger partial charge on any atom is -0.497 e. The fourth-order valence-corrected chi connectivity index (χ4v) is 3.15. The Balaban J connectivity index is 1.43. The van der Waals surface area contributed by atoms with Gasteiger partial charge in [0, 0.05) is 6.54 Å². The van der Waals surface area contributed by atoms with Gasteiger partial charge in [-0.3, -0.25) is 19.3 Å². The molecule has 9 heteroatoms. The van der Waals surface area contributed by atoms with Crippen LogP contribution in [0.3, 0.4) is 0 Å². The Labute approximate surface area is 162 Å². The first-order chi connectivity index (χ1) is 13.3. The fraction of sp³-hybridized carbons (Fsp3) is 0.474. The van der Waals surface area contributed by atoms with Crippen LogP contribution >= 0.6 is 0 Å². The minimum atomic E-state index is -0.953. The molecule has 1 unspecified atom stereocenters. The van der Waals surface area contributed by atoms with Crippen LogP contribution in [0.4, 0.5) is 4.79 Å². The van der Waals surface area contributed by atoms with Crippen molar-refractivity contribution in [2.45, 2.75) is 31.8 Å². The van der Waals surface area contributed by atoms with Gasteiger partial charge in [0.1, 0.15) is 17.8 Å². The summed E-state index contributed by atoms with van der Waals surface area (Å²) in [5.74, 6) is -0.965. The van der Waals surface area contributed by atoms with Crippen LogP contribution in [0.1, 0.15) is 25.3 Å². The normalized spacial score (nSPS) is 21.3. The monoisotopic (exact) mass is 389 g/mol. The van der Waals surface area contributed by atoms with E-state index < -0.39 is 42.5 Å². The van der Waals surface area contributed by atoms with E-state index in [1.165, 1.54) is 0 Å². The average molecular weight is 389 g/mol. The van der Waals surface area contributed by atoms with Crippen LogP contribution in [-0.2, 0) is 25.7 Å². The first-order valence-corrected chi connectivity index (χ1v) is 9.03. The zero-order valence-corrected chi connectivity index (χ0v) is 15.8. The maximum Gasteiger partial charge on any atom is 0.326 e. The number of esters is 1. The molecule has 2 fully saturated rings. The Morgan fingerprint density at radius 2 is 2.07 bits per heavy atom. The molecule has 4 amide bonds. The molecule has 0 aromatic heterocycles. The Hall–Kier alpha value is -3.10. The Kier molecular flexibility index (Phi) is 5.53. The van der Waals surface area contributed by atoms with Gasteiger partial charge in [-0.2, -0.15) is 0 Å². The molecular weight excluding hydrogens is 366 g/mol. The summed E-state index contributed by atoms with van der Waals surface area (Å²) in [4.78, 5) is 49.1. The number of hydrogen-bond acceptors (Lipinski definition) is 6. The van der Waals surface area contributed by atoms with Crippen LogP contribution in [0.2, 0.25) is 0 Å². The van der Waals surface area contributed by atoms with Crippen molar-refractivity contribution in [2.24, 2.45) is 5.92 Å². The summed E-state index contributed by atoms with van der Waals surface area (Å²) >= 11 is 0. The maximum atomic E-state index is 12.4. The van der Waals surface area contributed by atoms with Crippen LogP contribution in [0, 0.1) is 5.92 Å². The van der Waals surface area contributed by atoms with Crippen LogP contribution in [-0.4, -0.2) is 54.5 Å². The van der Waals surface area contributed by atoms with Gasteiger partial charge in [-0.25, -0.2) is 4.79 Å². The second-order valence-electron chi connectivity index (χ2n) is 7.09. The van der Waals surface area contributed by atoms with E-state index in [2.05, 4.69) is 10.6 Å². The van der Waals surface area contributed by atoms with E-state index in [9.17, 15) is 19.2 Å². The summed E-state index contributed by atoms with van der Waals surface area (Å²) in [6, 6.07) is 6.58. The number of carbonyl (C=O) groups excluding carboxylic acids is 4. The Morgan fingerprint density at radius 1 is 1.32 bits per heavy atom. The van der Waals surface area contributed by atoms with Gasteiger partial charge in [-0.1, -0.05) is 12.1 Å². The van der Waals surface area contributed by atoms with Gasteiger partial charge in [0.25, 0.3) is 11.8 Å². The maximum absolute atomic E-state index is 12.4. The minimum absolute atomic E-state index is 0.104. The number of ether oxygens (including phenoxy) is 2. The zero-order chi connectivity index (χ0) is 20.3. The number of carbonyl (C=O) groups is 4. The van der Waals surface area contributed by atoms with Crippen molar-refractivity contribution in [2.75, 3.05) is 20.3 Å². The molecule has 2 aliphatic rings. The molecule has 0 radical (unpaired) electrons. The SMILES string of the molecule is COc1cccc(CNC(=O)COC(=O)CN2C(=O)NC(C)(C3CC3)C2=O)c1. The van der Waals surface area contributed by atoms with E-state index in [0.29, 0.717) is 5.75 Å². The molecule has 2 N–H and O–H groups in total. The van der Waals surface area contributed by atoms with Crippen LogP contribution in [0.25, 0.3) is 0 Å². The summed E-state index contributed by atoms with van der Waals surface area (Å²) in [7, 11) is 1.55. The quantitative estimate of drug-likeness (QED) is 0.496. The molecule has 150 valence electrons. The van der Waals surface area contributed by atoms with Gasteiger partial charge in [0.05, 0.1) is 7.11 Å². The number of nitrogens with one attached hydrogen (secondary N) is 2. The number of hydrogen-bond donors (Lipinski definition) is 2. The highest BCUT2D eigenvalue weighted by molar-refractivity contribution is 6.08. The third kappa shape index (κ3) is 4.24. The topological polar surface area (TPSA) is 114 Å². The molecule has 1 heterocycles. The average Bonchev–Trinajstić information content (AvgIpc) is 3.51. The van der Waals surface area contributed by atoms with E-state index in [1.807, 2.05) is 6.07 Å². The number of methoxy groups -OCH3 is 1. The first kappa shape index (κ1) is 19.7. The van der Waals surface area contributed by atoms with E-state index in [4.69, 9.17) is 9.47 Å². The summed E-state index contributed by atoms with van der Waals surface area (Å²) < 4.78 is 10.00. The molecule has 0 spiro atoms. The molecule has 1 aromatic rings. The number of benzene rings is 1. The third-order valence-corrected chi connectivity index (χ3v) is 4.97. The highest BCUT2D eigenvalue weighted by Crippen LogP contribution is 2.42. The summed E-state index contributed by atoms with van der Waals surface area (Å²) in [5, 5.41) is 5.27. The number of nitrogens with zero attached hydrogens (tertiary/aromatic N) is 1. The Morgan fingerprint density at radius 3 is 2.75 bits per heavy atom. The van der Waals surface area contributed by atoms with Gasteiger partial charge in [0.2, 0.25) is 0 Å². The molecule has 1 saturated heterocycles. The van der Waals surface area contributed by atoms with Crippen molar-refractivity contribution in [1.82, 2.24) is 15.5 Å². The van der Waals surface area contributed by atoms with Gasteiger partial charge in [0.15, 0.2) is 6.61 Å². The number of urea groups is 1. The highest BCUT2D eigenvalue weighted by atomic mass is 16.5. The predicted octanol–water partition coefficient (Wildman–Crippen LogP) is 0.575. The molecule has 9 nitrogen and oxygen atoms in total. The molecular formula is C19H23N3O6. The van der Waals surface area contributed by atoms with Crippen molar-refractivity contribution < 1.29 is 28.7 Å². The molecule has 1 atom stereocenters. The molecule has 1 aromatic carbocycles. The van der Waals surface area contributed by atoms with E-state index in [1.54, 1.807) is 32.2 Å². The van der Waals surface area contributed by atoms with Crippen molar-refractivity contribution >= 4 is 23.8 Å². The van der Waals surface area contributed by atoms with Gasteiger partial charge < -0.3 is 20.1 Å². The largest absolute Gasteiger partial charge is 0.497 e. The van der Waals surface area contributed by atoms with E-state index in [0.717, 1.165) is 23.3 Å². The number of imide groups is 1. The molecule has 0 bridgehead atoms. The van der Waals surface area contributed by atoms with Crippen LogP contribution < -0.4 is 15.4 Å². The lowest BCUT2D eigenvalue weighted by Gasteiger charge is -2.20. The van der Waals surface area contributed by atoms with Crippen molar-refractivity contribution in [1.29, 1.82) is 0 Å². The molecule has 1 saturated carbocycles. The number of rotatable bonds is 8. The fourth-order valence-electron chi connectivity index (χ4n) is 3.15. The number of amides is 4. The van der Waals surface area contributed by atoms with Crippen LogP contribution in [0.5, 0.6) is 5.75 Å².